The molecule has 0 radical (unpaired) electrons. The van der Waals surface area contributed by atoms with Crippen molar-refractivity contribution in [2.45, 2.75) is 45.1 Å². The van der Waals surface area contributed by atoms with E-state index in [-0.39, 0.29) is 11.8 Å². The zero-order valence-corrected chi connectivity index (χ0v) is 13.4. The number of rotatable bonds is 5. The van der Waals surface area contributed by atoms with Crippen molar-refractivity contribution in [1.29, 1.82) is 0 Å². The van der Waals surface area contributed by atoms with E-state index in [1.165, 1.54) is 39.0 Å². The Kier molecular flexibility index (Phi) is 5.95. The molecule has 0 aliphatic heterocycles. The van der Waals surface area contributed by atoms with Crippen LogP contribution in [0.25, 0.3) is 0 Å². The monoisotopic (exact) mass is 303 g/mol. The first-order valence-corrected chi connectivity index (χ1v) is 7.94. The van der Waals surface area contributed by atoms with Gasteiger partial charge in [0.1, 0.15) is 0 Å². The van der Waals surface area contributed by atoms with Crippen molar-refractivity contribution in [3.8, 4) is 0 Å². The topological polar surface area (TPSA) is 61.4 Å². The molecule has 1 fully saturated rings. The molecule has 1 saturated carbocycles. The Morgan fingerprint density at radius 3 is 2.36 bits per heavy atom. The Morgan fingerprint density at radius 2 is 1.77 bits per heavy atom. The van der Waals surface area contributed by atoms with Crippen molar-refractivity contribution in [2.75, 3.05) is 23.8 Å². The molecule has 0 saturated heterocycles. The average molecular weight is 303 g/mol. The van der Waals surface area contributed by atoms with Crippen molar-refractivity contribution >= 4 is 23.2 Å². The number of hydrogen-bond donors (Lipinski definition) is 2. The van der Waals surface area contributed by atoms with Crippen LogP contribution in [0, 0.1) is 0 Å². The highest BCUT2D eigenvalue weighted by Gasteiger charge is 2.14. The van der Waals surface area contributed by atoms with Gasteiger partial charge < -0.3 is 15.5 Å². The Bertz CT molecular complexity index is 507. The van der Waals surface area contributed by atoms with E-state index in [1.807, 2.05) is 24.3 Å². The molecule has 1 aliphatic rings. The molecule has 0 bridgehead atoms. The first kappa shape index (κ1) is 16.5. The molecule has 1 aromatic rings. The molecule has 0 unspecified atom stereocenters. The highest BCUT2D eigenvalue weighted by atomic mass is 16.2. The number of anilines is 2. The molecule has 1 aliphatic carbocycles. The van der Waals surface area contributed by atoms with Crippen LogP contribution in [-0.2, 0) is 9.59 Å². The van der Waals surface area contributed by atoms with Gasteiger partial charge >= 0.3 is 0 Å². The first-order chi connectivity index (χ1) is 10.6. The lowest BCUT2D eigenvalue weighted by atomic mass is 9.95. The van der Waals surface area contributed by atoms with E-state index in [0.717, 1.165) is 11.4 Å². The summed E-state index contributed by atoms with van der Waals surface area (Å²) in [5.74, 6) is -0.0493. The van der Waals surface area contributed by atoms with Gasteiger partial charge in [0.15, 0.2) is 0 Å². The van der Waals surface area contributed by atoms with Crippen LogP contribution in [0.1, 0.15) is 39.0 Å². The minimum absolute atomic E-state index is 0.0199. The highest BCUT2D eigenvalue weighted by molar-refractivity contribution is 5.93. The third-order valence-electron chi connectivity index (χ3n) is 4.17. The summed E-state index contributed by atoms with van der Waals surface area (Å²) < 4.78 is 0. The van der Waals surface area contributed by atoms with Gasteiger partial charge in [-0.05, 0) is 37.1 Å². The average Bonchev–Trinajstić information content (AvgIpc) is 2.54. The van der Waals surface area contributed by atoms with Gasteiger partial charge in [-0.15, -0.1) is 0 Å². The quantitative estimate of drug-likeness (QED) is 0.878. The van der Waals surface area contributed by atoms with E-state index in [9.17, 15) is 9.59 Å². The maximum atomic E-state index is 11.9. The van der Waals surface area contributed by atoms with Crippen LogP contribution in [0.4, 0.5) is 11.4 Å². The first-order valence-electron chi connectivity index (χ1n) is 7.94. The molecule has 2 amide bonds. The van der Waals surface area contributed by atoms with Gasteiger partial charge in [0.25, 0.3) is 0 Å². The van der Waals surface area contributed by atoms with Gasteiger partial charge in [0.2, 0.25) is 11.8 Å². The van der Waals surface area contributed by atoms with Gasteiger partial charge in [0, 0.05) is 31.4 Å². The molecule has 0 heterocycles. The van der Waals surface area contributed by atoms with Gasteiger partial charge in [-0.25, -0.2) is 0 Å². The largest absolute Gasteiger partial charge is 0.325 e. The van der Waals surface area contributed by atoms with Crippen LogP contribution >= 0.6 is 0 Å². The summed E-state index contributed by atoms with van der Waals surface area (Å²) in [6.45, 7) is 1.87. The summed E-state index contributed by atoms with van der Waals surface area (Å²) in [6.07, 6.45) is 6.15. The Labute approximate surface area is 132 Å². The summed E-state index contributed by atoms with van der Waals surface area (Å²) in [5.41, 5.74) is 1.56. The van der Waals surface area contributed by atoms with Crippen LogP contribution < -0.4 is 15.5 Å². The van der Waals surface area contributed by atoms with E-state index in [4.69, 9.17) is 0 Å². The number of amides is 2. The second-order valence-corrected chi connectivity index (χ2v) is 5.89. The van der Waals surface area contributed by atoms with Crippen molar-refractivity contribution in [2.24, 2.45) is 0 Å². The zero-order valence-electron chi connectivity index (χ0n) is 13.4. The number of nitrogens with zero attached hydrogens (tertiary/aromatic N) is 1. The summed E-state index contributed by atoms with van der Waals surface area (Å²) in [7, 11) is 1.73. The lowest BCUT2D eigenvalue weighted by Crippen LogP contribution is -2.37. The van der Waals surface area contributed by atoms with E-state index in [2.05, 4.69) is 10.6 Å². The maximum absolute atomic E-state index is 11.9. The molecule has 2 rings (SSSR count). The zero-order chi connectivity index (χ0) is 15.9. The van der Waals surface area contributed by atoms with E-state index in [0.29, 0.717) is 12.6 Å². The minimum atomic E-state index is -0.0294. The fourth-order valence-electron chi connectivity index (χ4n) is 2.70. The summed E-state index contributed by atoms with van der Waals surface area (Å²) >= 11 is 0. The predicted octanol–water partition coefficient (Wildman–Crippen LogP) is 2.53. The standard InChI is InChI=1S/C17H25N3O2/c1-13(21)20(2)16-10-8-15(9-11-16)19-17(22)12-18-14-6-4-3-5-7-14/h8-11,14,18H,3-7,12H2,1-2H3,(H,19,22). The fraction of sp³-hybridized carbons (Fsp3) is 0.529. The number of hydrogen-bond acceptors (Lipinski definition) is 3. The van der Waals surface area contributed by atoms with Crippen molar-refractivity contribution < 1.29 is 9.59 Å². The van der Waals surface area contributed by atoms with Crippen molar-refractivity contribution in [1.82, 2.24) is 5.32 Å². The Hall–Kier alpha value is -1.88. The molecule has 0 spiro atoms. The molecule has 22 heavy (non-hydrogen) atoms. The number of nitrogens with one attached hydrogen (secondary N) is 2. The van der Waals surface area contributed by atoms with E-state index >= 15 is 0 Å². The predicted molar refractivity (Wildman–Crippen MR) is 89.0 cm³/mol. The van der Waals surface area contributed by atoms with Crippen LogP contribution in [0.2, 0.25) is 0 Å². The van der Waals surface area contributed by atoms with Crippen LogP contribution in [0.3, 0.4) is 0 Å². The number of carbonyl (C=O) groups is 2. The second kappa shape index (κ2) is 7.94. The summed E-state index contributed by atoms with van der Waals surface area (Å²) in [6, 6.07) is 7.75. The van der Waals surface area contributed by atoms with E-state index < -0.39 is 0 Å². The van der Waals surface area contributed by atoms with E-state index in [1.54, 1.807) is 11.9 Å². The second-order valence-electron chi connectivity index (χ2n) is 5.89. The molecule has 120 valence electrons. The van der Waals surface area contributed by atoms with Crippen molar-refractivity contribution in [3.63, 3.8) is 0 Å². The lowest BCUT2D eigenvalue weighted by Gasteiger charge is -2.22. The Balaban J connectivity index is 1.79. The minimum Gasteiger partial charge on any atom is -0.325 e. The normalized spacial score (nSPS) is 15.4. The highest BCUT2D eigenvalue weighted by Crippen LogP contribution is 2.18. The smallest absolute Gasteiger partial charge is 0.238 e. The molecular weight excluding hydrogens is 278 g/mol. The van der Waals surface area contributed by atoms with Gasteiger partial charge in [-0.2, -0.15) is 0 Å². The third-order valence-corrected chi connectivity index (χ3v) is 4.17. The summed E-state index contributed by atoms with van der Waals surface area (Å²) in [5, 5.41) is 6.19. The maximum Gasteiger partial charge on any atom is 0.238 e. The summed E-state index contributed by atoms with van der Waals surface area (Å²) in [4.78, 5) is 24.8. The number of benzene rings is 1. The molecule has 0 atom stereocenters. The van der Waals surface area contributed by atoms with Crippen LogP contribution in [0.15, 0.2) is 24.3 Å². The molecule has 5 heteroatoms. The van der Waals surface area contributed by atoms with Crippen molar-refractivity contribution in [3.05, 3.63) is 24.3 Å². The molecule has 0 aromatic heterocycles. The van der Waals surface area contributed by atoms with Crippen LogP contribution in [0.5, 0.6) is 0 Å². The molecule has 5 nitrogen and oxygen atoms in total. The third kappa shape index (κ3) is 4.84. The fourth-order valence-corrected chi connectivity index (χ4v) is 2.70. The molecule has 2 N–H and O–H groups in total. The van der Waals surface area contributed by atoms with Gasteiger partial charge in [-0.1, -0.05) is 19.3 Å². The van der Waals surface area contributed by atoms with Gasteiger partial charge in [-0.3, -0.25) is 9.59 Å². The SMILES string of the molecule is CC(=O)N(C)c1ccc(NC(=O)CNC2CCCCC2)cc1. The Morgan fingerprint density at radius 1 is 1.14 bits per heavy atom. The number of carbonyl (C=O) groups excluding carboxylic acids is 2. The van der Waals surface area contributed by atoms with Gasteiger partial charge in [0.05, 0.1) is 6.54 Å². The molecule has 1 aromatic carbocycles. The molecular formula is C17H25N3O2. The lowest BCUT2D eigenvalue weighted by molar-refractivity contribution is -0.116. The van der Waals surface area contributed by atoms with Crippen LogP contribution in [-0.4, -0.2) is 31.4 Å².